The third kappa shape index (κ3) is 4.84. The summed E-state index contributed by atoms with van der Waals surface area (Å²) in [5, 5.41) is 11.3. The van der Waals surface area contributed by atoms with Crippen molar-refractivity contribution in [2.45, 2.75) is 58.5 Å². The van der Waals surface area contributed by atoms with E-state index >= 15 is 0 Å². The van der Waals surface area contributed by atoms with E-state index in [0.29, 0.717) is 5.41 Å². The summed E-state index contributed by atoms with van der Waals surface area (Å²) in [5.41, 5.74) is 2.84. The Labute approximate surface area is 181 Å². The van der Waals surface area contributed by atoms with E-state index in [1.165, 1.54) is 31.4 Å². The lowest BCUT2D eigenvalue weighted by Crippen LogP contribution is -2.44. The summed E-state index contributed by atoms with van der Waals surface area (Å²) in [7, 11) is 2.11. The predicted molar refractivity (Wildman–Crippen MR) is 116 cm³/mol. The molecule has 0 bridgehead atoms. The van der Waals surface area contributed by atoms with Gasteiger partial charge >= 0.3 is 0 Å². The second-order valence-electron chi connectivity index (χ2n) is 9.19. The Hall–Kier alpha value is -0.820. The van der Waals surface area contributed by atoms with Crippen LogP contribution in [0.1, 0.15) is 43.5 Å². The monoisotopic (exact) mass is 431 g/mol. The van der Waals surface area contributed by atoms with E-state index < -0.39 is 0 Å². The molecule has 2 saturated heterocycles. The maximum absolute atomic E-state index is 12.9. The van der Waals surface area contributed by atoms with Gasteiger partial charge in [-0.3, -0.25) is 14.4 Å². The third-order valence-electron chi connectivity index (χ3n) is 6.89. The molecule has 1 spiro atoms. The molecular weight excluding hydrogens is 397 g/mol. The number of aromatic nitrogens is 2. The summed E-state index contributed by atoms with van der Waals surface area (Å²) in [5.74, 6) is 0.225. The summed E-state index contributed by atoms with van der Waals surface area (Å²) in [4.78, 5) is 15.2. The number of amides is 1. The Kier molecular flexibility index (Phi) is 7.46. The second-order valence-corrected chi connectivity index (χ2v) is 9.19. The first-order valence-electron chi connectivity index (χ1n) is 10.1. The van der Waals surface area contributed by atoms with Crippen molar-refractivity contribution in [1.82, 2.24) is 25.3 Å². The largest absolute Gasteiger partial charge is 0.354 e. The number of likely N-dealkylation sites (tertiary alicyclic amines) is 1. The van der Waals surface area contributed by atoms with Crippen LogP contribution in [0, 0.1) is 24.7 Å². The minimum atomic E-state index is 0. The van der Waals surface area contributed by atoms with Gasteiger partial charge in [-0.05, 0) is 77.6 Å². The van der Waals surface area contributed by atoms with Gasteiger partial charge in [-0.25, -0.2) is 0 Å². The zero-order chi connectivity index (χ0) is 18.4. The summed E-state index contributed by atoms with van der Waals surface area (Å²) in [6.07, 6.45) is 5.77. The molecule has 1 aliphatic carbocycles. The molecule has 1 atom stereocenters. The van der Waals surface area contributed by atoms with Gasteiger partial charge in [0.05, 0.1) is 11.7 Å². The molecule has 2 N–H and O–H groups in total. The van der Waals surface area contributed by atoms with Crippen LogP contribution in [0.5, 0.6) is 0 Å². The van der Waals surface area contributed by atoms with Gasteiger partial charge in [-0.15, -0.1) is 24.8 Å². The van der Waals surface area contributed by atoms with E-state index in [0.717, 1.165) is 44.8 Å². The highest BCUT2D eigenvalue weighted by Crippen LogP contribution is 2.47. The number of carbonyl (C=O) groups excluding carboxylic acids is 1. The summed E-state index contributed by atoms with van der Waals surface area (Å²) < 4.78 is 2.11. The average Bonchev–Trinajstić information content (AvgIpc) is 3.20. The van der Waals surface area contributed by atoms with Crippen LogP contribution in [0.2, 0.25) is 0 Å². The molecule has 3 heterocycles. The van der Waals surface area contributed by atoms with Crippen LogP contribution in [0.25, 0.3) is 0 Å². The Bertz CT molecular complexity index is 682. The number of aryl methyl sites for hydroxylation is 2. The first-order valence-corrected chi connectivity index (χ1v) is 10.1. The van der Waals surface area contributed by atoms with E-state index in [-0.39, 0.29) is 42.2 Å². The van der Waals surface area contributed by atoms with Crippen LogP contribution in [-0.4, -0.2) is 59.9 Å². The molecule has 4 rings (SSSR count). The number of hydrogen-bond donors (Lipinski definition) is 2. The van der Waals surface area contributed by atoms with Crippen LogP contribution in [0.15, 0.2) is 6.07 Å². The molecule has 0 radical (unpaired) electrons. The molecule has 8 heteroatoms. The van der Waals surface area contributed by atoms with Gasteiger partial charge in [0.15, 0.2) is 0 Å². The first-order chi connectivity index (χ1) is 12.4. The van der Waals surface area contributed by atoms with Crippen molar-refractivity contribution >= 4 is 30.7 Å². The van der Waals surface area contributed by atoms with Crippen LogP contribution in [0.4, 0.5) is 0 Å². The van der Waals surface area contributed by atoms with E-state index in [9.17, 15) is 4.79 Å². The summed E-state index contributed by atoms with van der Waals surface area (Å²) in [6, 6.07) is 2.17. The summed E-state index contributed by atoms with van der Waals surface area (Å²) in [6.45, 7) is 9.09. The van der Waals surface area contributed by atoms with Gasteiger partial charge in [-0.2, -0.15) is 5.10 Å². The molecule has 1 unspecified atom stereocenters. The number of piperidine rings is 1. The molecule has 28 heavy (non-hydrogen) atoms. The van der Waals surface area contributed by atoms with E-state index in [1.54, 1.807) is 0 Å². The normalized spacial score (nSPS) is 25.0. The van der Waals surface area contributed by atoms with E-state index in [4.69, 9.17) is 0 Å². The van der Waals surface area contributed by atoms with Crippen molar-refractivity contribution < 1.29 is 4.79 Å². The van der Waals surface area contributed by atoms with E-state index in [1.807, 2.05) is 6.92 Å². The molecule has 3 fully saturated rings. The minimum absolute atomic E-state index is 0. The maximum atomic E-state index is 12.9. The molecule has 1 amide bonds. The second kappa shape index (κ2) is 8.90. The Morgan fingerprint density at radius 2 is 1.93 bits per heavy atom. The van der Waals surface area contributed by atoms with Gasteiger partial charge in [-0.1, -0.05) is 0 Å². The van der Waals surface area contributed by atoms with Crippen molar-refractivity contribution in [2.24, 2.45) is 10.8 Å². The molecule has 1 aromatic rings. The smallest absolute Gasteiger partial charge is 0.237 e. The fourth-order valence-electron chi connectivity index (χ4n) is 4.99. The van der Waals surface area contributed by atoms with Crippen LogP contribution in [0.3, 0.4) is 0 Å². The van der Waals surface area contributed by atoms with Crippen molar-refractivity contribution in [3.8, 4) is 0 Å². The molecule has 1 saturated carbocycles. The third-order valence-corrected chi connectivity index (χ3v) is 6.89. The zero-order valence-electron chi connectivity index (χ0n) is 17.3. The molecule has 0 aromatic carbocycles. The molecule has 1 aromatic heterocycles. The van der Waals surface area contributed by atoms with Crippen molar-refractivity contribution in [2.75, 3.05) is 33.2 Å². The van der Waals surface area contributed by atoms with Crippen LogP contribution in [-0.2, 0) is 11.3 Å². The lowest BCUT2D eigenvalue weighted by molar-refractivity contribution is -0.125. The number of likely N-dealkylation sites (N-methyl/N-ethyl adjacent to an activating group) is 1. The predicted octanol–water partition coefficient (Wildman–Crippen LogP) is 2.31. The standard InChI is InChI=1S/C20H33N5O.2ClH/c1-15-10-16(2)25(23-15)14-20(4-5-20)12-22-18(26)17-11-19(13-24(17)3)6-8-21-9-7-19;;/h10,17,21H,4-9,11-14H2,1-3H3,(H,22,26);2*1H. The number of nitrogens with zero attached hydrogens (tertiary/aromatic N) is 3. The highest BCUT2D eigenvalue weighted by atomic mass is 35.5. The highest BCUT2D eigenvalue weighted by Gasteiger charge is 2.47. The van der Waals surface area contributed by atoms with Gasteiger partial charge in [0.25, 0.3) is 0 Å². The van der Waals surface area contributed by atoms with Gasteiger partial charge in [0, 0.05) is 30.7 Å². The molecule has 6 nitrogen and oxygen atoms in total. The van der Waals surface area contributed by atoms with Crippen LogP contribution >= 0.6 is 24.8 Å². The average molecular weight is 432 g/mol. The number of carbonyl (C=O) groups is 1. The molecular formula is C20H35Cl2N5O. The van der Waals surface area contributed by atoms with Gasteiger partial charge in [0.1, 0.15) is 0 Å². The lowest BCUT2D eigenvalue weighted by atomic mass is 9.77. The van der Waals surface area contributed by atoms with Gasteiger partial charge < -0.3 is 10.6 Å². The number of rotatable bonds is 5. The van der Waals surface area contributed by atoms with Crippen molar-refractivity contribution in [3.05, 3.63) is 17.5 Å². The first kappa shape index (κ1) is 23.5. The minimum Gasteiger partial charge on any atom is -0.354 e. The lowest BCUT2D eigenvalue weighted by Gasteiger charge is -2.33. The fourth-order valence-corrected chi connectivity index (χ4v) is 4.99. The van der Waals surface area contributed by atoms with Crippen molar-refractivity contribution in [1.29, 1.82) is 0 Å². The molecule has 2 aliphatic heterocycles. The summed E-state index contributed by atoms with van der Waals surface area (Å²) >= 11 is 0. The van der Waals surface area contributed by atoms with Crippen LogP contribution < -0.4 is 10.6 Å². The number of hydrogen-bond acceptors (Lipinski definition) is 4. The maximum Gasteiger partial charge on any atom is 0.237 e. The van der Waals surface area contributed by atoms with Crippen molar-refractivity contribution in [3.63, 3.8) is 0 Å². The topological polar surface area (TPSA) is 62.2 Å². The number of nitrogens with one attached hydrogen (secondary N) is 2. The molecule has 160 valence electrons. The number of halogens is 2. The quantitative estimate of drug-likeness (QED) is 0.750. The Balaban J connectivity index is 0.00000140. The molecule has 3 aliphatic rings. The SMILES string of the molecule is Cc1cc(C)n(CC2(CNC(=O)C3CC4(CCNCC4)CN3C)CC2)n1.Cl.Cl. The van der Waals surface area contributed by atoms with Gasteiger partial charge in [0.2, 0.25) is 5.91 Å². The Morgan fingerprint density at radius 1 is 1.25 bits per heavy atom. The fraction of sp³-hybridized carbons (Fsp3) is 0.800. The Morgan fingerprint density at radius 3 is 2.50 bits per heavy atom. The zero-order valence-corrected chi connectivity index (χ0v) is 18.9. The van der Waals surface area contributed by atoms with E-state index in [2.05, 4.69) is 45.4 Å². The highest BCUT2D eigenvalue weighted by molar-refractivity contribution is 5.85.